The number of carbonyl (C=O) groups excluding carboxylic acids is 4. The van der Waals surface area contributed by atoms with Crippen LogP contribution < -0.4 is 0 Å². The average molecular weight is 1450 g/mol. The molecule has 0 aliphatic heterocycles. The summed E-state index contributed by atoms with van der Waals surface area (Å²) in [5.41, 5.74) is 0. The fourth-order valence-electron chi connectivity index (χ4n) is 10.5. The number of phosphoric acid groups is 2. The Hall–Kier alpha value is -4.02. The summed E-state index contributed by atoms with van der Waals surface area (Å²) in [5.74, 6) is -2.22. The second kappa shape index (κ2) is 73.3. The summed E-state index contributed by atoms with van der Waals surface area (Å²) >= 11 is 0. The lowest BCUT2D eigenvalue weighted by Crippen LogP contribution is -2.30. The van der Waals surface area contributed by atoms with Crippen molar-refractivity contribution in [3.63, 3.8) is 0 Å². The molecule has 0 rings (SSSR count). The van der Waals surface area contributed by atoms with E-state index >= 15 is 0 Å². The van der Waals surface area contributed by atoms with Crippen LogP contribution in [-0.2, 0) is 65.4 Å². The zero-order valence-electron chi connectivity index (χ0n) is 63.1. The van der Waals surface area contributed by atoms with Crippen LogP contribution in [0.3, 0.4) is 0 Å². The molecule has 578 valence electrons. The third-order valence-electron chi connectivity index (χ3n) is 16.5. The largest absolute Gasteiger partial charge is 0.472 e. The molecule has 0 aliphatic carbocycles. The van der Waals surface area contributed by atoms with E-state index in [-0.39, 0.29) is 25.7 Å². The lowest BCUT2D eigenvalue weighted by molar-refractivity contribution is -0.161. The molecule has 0 saturated heterocycles. The topological polar surface area (TPSA) is 237 Å². The van der Waals surface area contributed by atoms with Gasteiger partial charge in [-0.05, 0) is 128 Å². The highest BCUT2D eigenvalue weighted by Crippen LogP contribution is 2.45. The van der Waals surface area contributed by atoms with Gasteiger partial charge in [-0.3, -0.25) is 37.3 Å². The fraction of sp³-hybridized carbons (Fsp3) is 0.753. The number of phosphoric ester groups is 2. The number of esters is 4. The summed E-state index contributed by atoms with van der Waals surface area (Å²) in [7, 11) is -9.96. The van der Waals surface area contributed by atoms with E-state index in [0.717, 1.165) is 161 Å². The Morgan fingerprint density at radius 1 is 0.290 bits per heavy atom. The molecule has 0 heterocycles. The van der Waals surface area contributed by atoms with Gasteiger partial charge >= 0.3 is 39.5 Å². The summed E-state index contributed by atoms with van der Waals surface area (Å²) < 4.78 is 68.5. The second-order valence-corrected chi connectivity index (χ2v) is 29.2. The number of unbranched alkanes of at least 4 members (excludes halogenated alkanes) is 32. The average Bonchev–Trinajstić information content (AvgIpc) is 0.985. The smallest absolute Gasteiger partial charge is 0.462 e. The van der Waals surface area contributed by atoms with Gasteiger partial charge < -0.3 is 33.8 Å². The number of carbonyl (C=O) groups is 4. The monoisotopic (exact) mass is 1450 g/mol. The van der Waals surface area contributed by atoms with Crippen LogP contribution in [0.25, 0.3) is 0 Å². The Kier molecular flexibility index (Phi) is 70.4. The van der Waals surface area contributed by atoms with E-state index in [1.54, 1.807) is 0 Å². The third kappa shape index (κ3) is 72.3. The summed E-state index contributed by atoms with van der Waals surface area (Å²) in [6.45, 7) is 4.69. The van der Waals surface area contributed by atoms with E-state index in [9.17, 15) is 43.2 Å². The van der Waals surface area contributed by atoms with Crippen molar-refractivity contribution in [1.82, 2.24) is 0 Å². The zero-order chi connectivity index (χ0) is 73.2. The maximum atomic E-state index is 13.1. The maximum Gasteiger partial charge on any atom is 0.472 e. The van der Waals surface area contributed by atoms with Gasteiger partial charge in [0.05, 0.1) is 26.4 Å². The van der Waals surface area contributed by atoms with Gasteiger partial charge in [0.1, 0.15) is 19.3 Å². The van der Waals surface area contributed by atoms with E-state index in [2.05, 4.69) is 125 Å². The molecule has 19 heteroatoms. The minimum Gasteiger partial charge on any atom is -0.462 e. The van der Waals surface area contributed by atoms with E-state index < -0.39 is 97.5 Å². The second-order valence-electron chi connectivity index (χ2n) is 26.3. The van der Waals surface area contributed by atoms with Crippen molar-refractivity contribution in [3.8, 4) is 0 Å². The fourth-order valence-corrected chi connectivity index (χ4v) is 12.1. The molecule has 0 bridgehead atoms. The number of allylic oxidation sites excluding steroid dienone is 16. The molecule has 0 aromatic heterocycles. The normalized spacial score (nSPS) is 14.4. The Labute approximate surface area is 607 Å². The predicted molar refractivity (Wildman–Crippen MR) is 409 cm³/mol. The van der Waals surface area contributed by atoms with Gasteiger partial charge in [0.2, 0.25) is 0 Å². The molecule has 0 spiro atoms. The number of aliphatic hydroxyl groups excluding tert-OH is 1. The van der Waals surface area contributed by atoms with Crippen molar-refractivity contribution in [1.29, 1.82) is 0 Å². The van der Waals surface area contributed by atoms with Crippen LogP contribution in [-0.4, -0.2) is 96.7 Å². The van der Waals surface area contributed by atoms with Crippen molar-refractivity contribution in [3.05, 3.63) is 97.2 Å². The van der Waals surface area contributed by atoms with Gasteiger partial charge in [0.15, 0.2) is 12.2 Å². The van der Waals surface area contributed by atoms with Gasteiger partial charge in [-0.2, -0.15) is 0 Å². The minimum atomic E-state index is -4.98. The zero-order valence-corrected chi connectivity index (χ0v) is 64.9. The molecule has 0 aromatic rings. The summed E-state index contributed by atoms with van der Waals surface area (Å²) in [6.07, 6.45) is 76.8. The first kappa shape index (κ1) is 96.0. The number of ether oxygens (including phenoxy) is 4. The molecule has 0 amide bonds. The molecule has 17 nitrogen and oxygen atoms in total. The maximum absolute atomic E-state index is 13.1. The molecule has 0 aromatic carbocycles. The predicted octanol–water partition coefficient (Wildman–Crippen LogP) is 22.8. The quantitative estimate of drug-likeness (QED) is 0.0169. The standard InChI is InChI=1S/C81H142O17P2/c1-5-9-13-17-21-25-29-32-35-36-37-38-41-43-47-50-54-58-62-66-79(84)92-72-77(98-81(86)68-64-60-56-52-48-44-40-34-31-27-23-19-15-11-7-3)74-96-100(89,90)94-70-75(82)69-93-99(87,88)95-73-76(97-80(85)67-63-59-55-51-45-28-24-20-16-12-8-4)71-91-78(83)65-61-57-53-49-46-42-39-33-30-26-22-18-14-10-6-2/h9,13,21-22,25-26,32-35,37-40,43,47,75-77,82H,5-8,10-12,14-20,23-24,27-31,36,41-42,44-46,48-74H2,1-4H3,(H,87,88)(H,89,90)/b13-9-,25-21-,26-22-,35-32-,38-37-,39-33-,40-34-,47-43-. The van der Waals surface area contributed by atoms with Gasteiger partial charge in [0, 0.05) is 25.7 Å². The highest BCUT2D eigenvalue weighted by molar-refractivity contribution is 7.47. The first-order chi connectivity index (χ1) is 48.7. The Balaban J connectivity index is 5.36. The number of aliphatic hydroxyl groups is 1. The third-order valence-corrected chi connectivity index (χ3v) is 18.4. The molecular formula is C81H142O17P2. The molecule has 3 N–H and O–H groups in total. The van der Waals surface area contributed by atoms with Crippen molar-refractivity contribution in [2.45, 2.75) is 354 Å². The number of hydrogen-bond donors (Lipinski definition) is 3. The molecule has 0 aliphatic rings. The van der Waals surface area contributed by atoms with E-state index in [1.165, 1.54) is 96.3 Å². The Bertz CT molecular complexity index is 2270. The molecule has 5 unspecified atom stereocenters. The van der Waals surface area contributed by atoms with Crippen LogP contribution in [0.1, 0.15) is 336 Å². The van der Waals surface area contributed by atoms with Gasteiger partial charge in [-0.1, -0.05) is 279 Å². The number of hydrogen-bond acceptors (Lipinski definition) is 15. The lowest BCUT2D eigenvalue weighted by Gasteiger charge is -2.21. The van der Waals surface area contributed by atoms with Crippen LogP contribution in [0.2, 0.25) is 0 Å². The Morgan fingerprint density at radius 2 is 0.520 bits per heavy atom. The van der Waals surface area contributed by atoms with Gasteiger partial charge in [-0.15, -0.1) is 0 Å². The summed E-state index contributed by atoms with van der Waals surface area (Å²) in [5, 5.41) is 10.6. The van der Waals surface area contributed by atoms with Crippen molar-refractivity contribution < 1.29 is 80.2 Å². The first-order valence-electron chi connectivity index (χ1n) is 39.5. The highest BCUT2D eigenvalue weighted by Gasteiger charge is 2.30. The summed E-state index contributed by atoms with van der Waals surface area (Å²) in [6, 6.07) is 0. The van der Waals surface area contributed by atoms with Crippen LogP contribution in [0.4, 0.5) is 0 Å². The molecule has 0 saturated carbocycles. The van der Waals surface area contributed by atoms with Crippen molar-refractivity contribution >= 4 is 39.5 Å². The van der Waals surface area contributed by atoms with Gasteiger partial charge in [-0.25, -0.2) is 9.13 Å². The van der Waals surface area contributed by atoms with E-state index in [4.69, 9.17) is 37.0 Å². The Morgan fingerprint density at radius 3 is 0.840 bits per heavy atom. The molecule has 0 radical (unpaired) electrons. The summed E-state index contributed by atoms with van der Waals surface area (Å²) in [4.78, 5) is 72.9. The van der Waals surface area contributed by atoms with Crippen LogP contribution >= 0.6 is 15.6 Å². The van der Waals surface area contributed by atoms with Gasteiger partial charge in [0.25, 0.3) is 0 Å². The number of rotatable bonds is 74. The first-order valence-corrected chi connectivity index (χ1v) is 42.5. The van der Waals surface area contributed by atoms with Crippen molar-refractivity contribution in [2.24, 2.45) is 0 Å². The van der Waals surface area contributed by atoms with Crippen LogP contribution in [0.15, 0.2) is 97.2 Å². The van der Waals surface area contributed by atoms with Crippen LogP contribution in [0, 0.1) is 0 Å². The van der Waals surface area contributed by atoms with Crippen molar-refractivity contribution in [2.75, 3.05) is 39.6 Å². The highest BCUT2D eigenvalue weighted by atomic mass is 31.2. The molecular weight excluding hydrogens is 1310 g/mol. The lowest BCUT2D eigenvalue weighted by atomic mass is 10.1. The molecule has 5 atom stereocenters. The SMILES string of the molecule is CC/C=C\C/C=C\C/C=C\C/C=C\C/C=C\CCCCCC(=O)OCC(COP(=O)(O)OCC(O)COP(=O)(O)OCC(COC(=O)CCCCCCC/C=C\C/C=C\CCCCC)OC(=O)CCCCCCCCCCCCC)OC(=O)CCCCCCC/C=C\CCCCCCCC. The van der Waals surface area contributed by atoms with E-state index in [1.807, 2.05) is 0 Å². The van der Waals surface area contributed by atoms with E-state index in [0.29, 0.717) is 25.7 Å². The molecule has 100 heavy (non-hydrogen) atoms. The minimum absolute atomic E-state index is 0.0777. The molecule has 0 fully saturated rings. The van der Waals surface area contributed by atoms with Crippen LogP contribution in [0.5, 0.6) is 0 Å².